The van der Waals surface area contributed by atoms with Crippen LogP contribution in [-0.4, -0.2) is 23.2 Å². The number of aromatic nitrogens is 2. The van der Waals surface area contributed by atoms with Gasteiger partial charge < -0.3 is 4.74 Å². The molecule has 4 nitrogen and oxygen atoms in total. The minimum atomic E-state index is 0.565. The third-order valence-electron chi connectivity index (χ3n) is 4.45. The summed E-state index contributed by atoms with van der Waals surface area (Å²) in [6, 6.07) is 27.2. The highest BCUT2D eigenvalue weighted by Crippen LogP contribution is 2.33. The van der Waals surface area contributed by atoms with Crippen LogP contribution in [0, 0.1) is 0 Å². The Bertz CT molecular complexity index is 1050. The van der Waals surface area contributed by atoms with Gasteiger partial charge >= 0.3 is 0 Å². The summed E-state index contributed by atoms with van der Waals surface area (Å²) in [7, 11) is 1.63. The molecule has 132 valence electrons. The molecule has 0 spiro atoms. The van der Waals surface area contributed by atoms with Gasteiger partial charge in [0.1, 0.15) is 11.4 Å². The Morgan fingerprint density at radius 3 is 2.04 bits per heavy atom. The van der Waals surface area contributed by atoms with Crippen molar-refractivity contribution in [2.24, 2.45) is 0 Å². The SMILES string of the molecule is COc1ccc(-c2c(C=O)c(-c3ccccc3)nn2-c2ccccc2)cc1. The maximum absolute atomic E-state index is 12.1. The van der Waals surface area contributed by atoms with Crippen LogP contribution in [0.15, 0.2) is 84.9 Å². The molecular weight excluding hydrogens is 336 g/mol. The van der Waals surface area contributed by atoms with E-state index in [-0.39, 0.29) is 0 Å². The second-order valence-electron chi connectivity index (χ2n) is 6.07. The molecule has 0 amide bonds. The largest absolute Gasteiger partial charge is 0.497 e. The van der Waals surface area contributed by atoms with Gasteiger partial charge in [-0.1, -0.05) is 48.5 Å². The van der Waals surface area contributed by atoms with E-state index in [0.717, 1.165) is 34.5 Å². The first-order valence-corrected chi connectivity index (χ1v) is 8.65. The van der Waals surface area contributed by atoms with Crippen LogP contribution in [0.1, 0.15) is 10.4 Å². The predicted octanol–water partition coefficient (Wildman–Crippen LogP) is 5.03. The lowest BCUT2D eigenvalue weighted by Crippen LogP contribution is -1.99. The molecule has 4 heteroatoms. The molecule has 0 bridgehead atoms. The van der Waals surface area contributed by atoms with E-state index < -0.39 is 0 Å². The third kappa shape index (κ3) is 3.13. The van der Waals surface area contributed by atoms with Crippen LogP contribution in [0.25, 0.3) is 28.2 Å². The minimum absolute atomic E-state index is 0.565. The van der Waals surface area contributed by atoms with Crippen LogP contribution >= 0.6 is 0 Å². The number of para-hydroxylation sites is 1. The van der Waals surface area contributed by atoms with Crippen molar-refractivity contribution in [2.75, 3.05) is 7.11 Å². The Kier molecular flexibility index (Phi) is 4.54. The first-order valence-electron chi connectivity index (χ1n) is 8.65. The van der Waals surface area contributed by atoms with Gasteiger partial charge in [0.05, 0.1) is 24.1 Å². The van der Waals surface area contributed by atoms with Crippen molar-refractivity contribution < 1.29 is 9.53 Å². The zero-order valence-corrected chi connectivity index (χ0v) is 14.9. The summed E-state index contributed by atoms with van der Waals surface area (Å²) in [4.78, 5) is 12.1. The third-order valence-corrected chi connectivity index (χ3v) is 4.45. The second kappa shape index (κ2) is 7.30. The average molecular weight is 354 g/mol. The van der Waals surface area contributed by atoms with E-state index in [1.165, 1.54) is 0 Å². The number of methoxy groups -OCH3 is 1. The minimum Gasteiger partial charge on any atom is -0.497 e. The Labute approximate surface area is 157 Å². The van der Waals surface area contributed by atoms with Crippen molar-refractivity contribution in [1.82, 2.24) is 9.78 Å². The smallest absolute Gasteiger partial charge is 0.154 e. The number of ether oxygens (including phenoxy) is 1. The second-order valence-corrected chi connectivity index (χ2v) is 6.07. The quantitative estimate of drug-likeness (QED) is 0.472. The highest BCUT2D eigenvalue weighted by atomic mass is 16.5. The first kappa shape index (κ1) is 16.8. The lowest BCUT2D eigenvalue weighted by Gasteiger charge is -2.09. The topological polar surface area (TPSA) is 44.1 Å². The molecule has 0 aliphatic carbocycles. The van der Waals surface area contributed by atoms with Crippen molar-refractivity contribution in [2.45, 2.75) is 0 Å². The molecule has 0 aliphatic heterocycles. The van der Waals surface area contributed by atoms with Crippen molar-refractivity contribution in [3.8, 4) is 34.0 Å². The first-order chi connectivity index (χ1) is 13.3. The summed E-state index contributed by atoms with van der Waals surface area (Å²) >= 11 is 0. The van der Waals surface area contributed by atoms with Crippen molar-refractivity contribution in [3.05, 3.63) is 90.5 Å². The van der Waals surface area contributed by atoms with Crippen LogP contribution in [0.3, 0.4) is 0 Å². The molecule has 0 N–H and O–H groups in total. The predicted molar refractivity (Wildman–Crippen MR) is 106 cm³/mol. The van der Waals surface area contributed by atoms with Crippen molar-refractivity contribution in [3.63, 3.8) is 0 Å². The summed E-state index contributed by atoms with van der Waals surface area (Å²) in [5.41, 5.74) is 4.70. The van der Waals surface area contributed by atoms with Crippen LogP contribution < -0.4 is 4.74 Å². The van der Waals surface area contributed by atoms with E-state index in [4.69, 9.17) is 9.84 Å². The lowest BCUT2D eigenvalue weighted by atomic mass is 10.0. The molecule has 0 unspecified atom stereocenters. The van der Waals surface area contributed by atoms with Crippen LogP contribution in [0.5, 0.6) is 5.75 Å². The van der Waals surface area contributed by atoms with Gasteiger partial charge in [0.25, 0.3) is 0 Å². The van der Waals surface area contributed by atoms with E-state index in [2.05, 4.69) is 0 Å². The van der Waals surface area contributed by atoms with Gasteiger partial charge in [0.15, 0.2) is 6.29 Å². The normalized spacial score (nSPS) is 10.6. The molecule has 4 aromatic rings. The maximum Gasteiger partial charge on any atom is 0.154 e. The Morgan fingerprint density at radius 2 is 1.44 bits per heavy atom. The summed E-state index contributed by atoms with van der Waals surface area (Å²) in [6.07, 6.45) is 0.883. The van der Waals surface area contributed by atoms with E-state index in [9.17, 15) is 4.79 Å². The van der Waals surface area contributed by atoms with Gasteiger partial charge in [-0.25, -0.2) is 4.68 Å². The molecule has 1 heterocycles. The number of benzene rings is 3. The number of carbonyl (C=O) groups is 1. The Morgan fingerprint density at radius 1 is 0.815 bits per heavy atom. The zero-order chi connectivity index (χ0) is 18.6. The van der Waals surface area contributed by atoms with Gasteiger partial charge in [0, 0.05) is 11.1 Å². The number of rotatable bonds is 5. The van der Waals surface area contributed by atoms with Crippen LogP contribution in [0.2, 0.25) is 0 Å². The Hall–Kier alpha value is -3.66. The van der Waals surface area contributed by atoms with E-state index in [1.807, 2.05) is 89.6 Å². The fourth-order valence-electron chi connectivity index (χ4n) is 3.13. The molecular formula is C23H18N2O2. The van der Waals surface area contributed by atoms with Crippen molar-refractivity contribution in [1.29, 1.82) is 0 Å². The van der Waals surface area contributed by atoms with Gasteiger partial charge in [0.2, 0.25) is 0 Å². The summed E-state index contributed by atoms with van der Waals surface area (Å²) < 4.78 is 7.09. The van der Waals surface area contributed by atoms with Crippen LogP contribution in [-0.2, 0) is 0 Å². The summed E-state index contributed by atoms with van der Waals surface area (Å²) in [5.74, 6) is 0.764. The maximum atomic E-state index is 12.1. The van der Waals surface area contributed by atoms with E-state index in [1.54, 1.807) is 7.11 Å². The van der Waals surface area contributed by atoms with Gasteiger partial charge in [-0.3, -0.25) is 4.79 Å². The number of aldehydes is 1. The standard InChI is InChI=1S/C23H18N2O2/c1-27-20-14-12-18(13-15-20)23-21(16-26)22(17-8-4-2-5-9-17)24-25(23)19-10-6-3-7-11-19/h2-16H,1H3. The highest BCUT2D eigenvalue weighted by molar-refractivity contribution is 5.94. The molecule has 0 saturated heterocycles. The fourth-order valence-corrected chi connectivity index (χ4v) is 3.13. The summed E-state index contributed by atoms with van der Waals surface area (Å²) in [6.45, 7) is 0. The molecule has 1 aromatic heterocycles. The van der Waals surface area contributed by atoms with Gasteiger partial charge in [-0.2, -0.15) is 5.10 Å². The van der Waals surface area contributed by atoms with Crippen molar-refractivity contribution >= 4 is 6.29 Å². The molecule has 0 saturated carbocycles. The molecule has 0 atom stereocenters. The summed E-state index contributed by atoms with van der Waals surface area (Å²) in [5, 5.41) is 4.79. The van der Waals surface area contributed by atoms with Crippen LogP contribution in [0.4, 0.5) is 0 Å². The number of hydrogen-bond donors (Lipinski definition) is 0. The highest BCUT2D eigenvalue weighted by Gasteiger charge is 2.21. The van der Waals surface area contributed by atoms with E-state index in [0.29, 0.717) is 11.3 Å². The zero-order valence-electron chi connectivity index (χ0n) is 14.9. The molecule has 27 heavy (non-hydrogen) atoms. The van der Waals surface area contributed by atoms with Gasteiger partial charge in [-0.15, -0.1) is 0 Å². The number of hydrogen-bond acceptors (Lipinski definition) is 3. The monoisotopic (exact) mass is 354 g/mol. The molecule has 0 aliphatic rings. The molecule has 0 fully saturated rings. The Balaban J connectivity index is 1.99. The fraction of sp³-hybridized carbons (Fsp3) is 0.0435. The van der Waals surface area contributed by atoms with Gasteiger partial charge in [-0.05, 0) is 36.4 Å². The molecule has 4 rings (SSSR count). The van der Waals surface area contributed by atoms with E-state index >= 15 is 0 Å². The molecule has 3 aromatic carbocycles. The number of carbonyl (C=O) groups excluding carboxylic acids is 1. The lowest BCUT2D eigenvalue weighted by molar-refractivity contribution is 0.112. The molecule has 0 radical (unpaired) electrons. The average Bonchev–Trinajstić information content (AvgIpc) is 3.14. The number of nitrogens with zero attached hydrogens (tertiary/aromatic N) is 2.